The second-order valence-electron chi connectivity index (χ2n) is 3.99. The van der Waals surface area contributed by atoms with Crippen molar-refractivity contribution in [3.8, 4) is 0 Å². The van der Waals surface area contributed by atoms with Crippen LogP contribution in [0, 0.1) is 17.4 Å². The molecule has 1 aromatic carbocycles. The average Bonchev–Trinajstić information content (AvgIpc) is 2.65. The first-order valence-electron chi connectivity index (χ1n) is 5.31. The quantitative estimate of drug-likeness (QED) is 0.662. The maximum atomic E-state index is 12.1. The number of thiophene rings is 1. The summed E-state index contributed by atoms with van der Waals surface area (Å²) in [5.41, 5.74) is 3.13. The number of halogens is 2. The molecule has 18 heavy (non-hydrogen) atoms. The summed E-state index contributed by atoms with van der Waals surface area (Å²) in [7, 11) is 0. The highest BCUT2D eigenvalue weighted by atomic mass is 127. The number of hydrogen-bond acceptors (Lipinski definition) is 2. The van der Waals surface area contributed by atoms with Crippen LogP contribution in [0.15, 0.2) is 28.1 Å². The number of aryl methyl sites for hydroxylation is 2. The summed E-state index contributed by atoms with van der Waals surface area (Å²) in [5.74, 6) is -0.0616. The van der Waals surface area contributed by atoms with Gasteiger partial charge in [-0.3, -0.25) is 4.79 Å². The zero-order valence-corrected chi connectivity index (χ0v) is 14.4. The van der Waals surface area contributed by atoms with Gasteiger partial charge in [0.15, 0.2) is 0 Å². The van der Waals surface area contributed by atoms with E-state index in [0.29, 0.717) is 0 Å². The molecule has 1 N–H and O–H groups in total. The third-order valence-corrected chi connectivity index (χ3v) is 5.81. The van der Waals surface area contributed by atoms with Gasteiger partial charge in [-0.1, -0.05) is 6.07 Å². The summed E-state index contributed by atoms with van der Waals surface area (Å²) < 4.78 is 2.15. The summed E-state index contributed by atoms with van der Waals surface area (Å²) in [6.07, 6.45) is 0. The molecule has 2 rings (SSSR count). The molecule has 0 unspecified atom stereocenters. The molecule has 2 nitrogen and oxygen atoms in total. The van der Waals surface area contributed by atoms with Crippen molar-refractivity contribution < 1.29 is 4.79 Å². The molecule has 1 heterocycles. The van der Waals surface area contributed by atoms with Gasteiger partial charge in [0.05, 0.1) is 8.66 Å². The van der Waals surface area contributed by atoms with E-state index in [1.807, 2.05) is 38.1 Å². The van der Waals surface area contributed by atoms with Crippen LogP contribution in [0.1, 0.15) is 20.8 Å². The highest BCUT2D eigenvalue weighted by Gasteiger charge is 2.11. The van der Waals surface area contributed by atoms with Crippen molar-refractivity contribution in [2.24, 2.45) is 0 Å². The van der Waals surface area contributed by atoms with Gasteiger partial charge in [0.25, 0.3) is 5.91 Å². The maximum absolute atomic E-state index is 12.1. The third-order valence-electron chi connectivity index (χ3n) is 2.51. The Morgan fingerprint density at radius 2 is 2.00 bits per heavy atom. The molecule has 0 aliphatic rings. The van der Waals surface area contributed by atoms with Gasteiger partial charge in [0.2, 0.25) is 0 Å². The molecule has 94 valence electrons. The van der Waals surface area contributed by atoms with Gasteiger partial charge in [-0.15, -0.1) is 11.3 Å². The Balaban J connectivity index is 2.18. The smallest absolute Gasteiger partial charge is 0.265 e. The van der Waals surface area contributed by atoms with E-state index in [4.69, 9.17) is 0 Å². The molecule has 0 saturated carbocycles. The largest absolute Gasteiger partial charge is 0.321 e. The predicted molar refractivity (Wildman–Crippen MR) is 88.6 cm³/mol. The molecule has 0 bridgehead atoms. The molecule has 0 radical (unpaired) electrons. The van der Waals surface area contributed by atoms with Gasteiger partial charge >= 0.3 is 0 Å². The fraction of sp³-hybridized carbons (Fsp3) is 0.154. The van der Waals surface area contributed by atoms with Crippen LogP contribution in [0.5, 0.6) is 0 Å². The summed E-state index contributed by atoms with van der Waals surface area (Å²) >= 11 is 7.14. The van der Waals surface area contributed by atoms with E-state index in [2.05, 4.69) is 43.8 Å². The molecule has 0 fully saturated rings. The normalized spacial score (nSPS) is 10.4. The number of carbonyl (C=O) groups is 1. The van der Waals surface area contributed by atoms with Crippen molar-refractivity contribution in [1.82, 2.24) is 0 Å². The Morgan fingerprint density at radius 1 is 1.28 bits per heavy atom. The van der Waals surface area contributed by atoms with E-state index in [9.17, 15) is 4.79 Å². The fourth-order valence-electron chi connectivity index (χ4n) is 1.44. The highest BCUT2D eigenvalue weighted by Crippen LogP contribution is 2.28. The summed E-state index contributed by atoms with van der Waals surface area (Å²) in [4.78, 5) is 12.8. The standard InChI is InChI=1S/C13H11BrINOS/c1-7-3-4-9(6-10(7)15)16-13(17)11-5-8(2)12(14)18-11/h3-6H,1-2H3,(H,16,17). The lowest BCUT2D eigenvalue weighted by molar-refractivity contribution is 0.103. The lowest BCUT2D eigenvalue weighted by atomic mass is 10.2. The SMILES string of the molecule is Cc1ccc(NC(=O)c2cc(C)c(Br)s2)cc1I. The molecule has 1 amide bonds. The first-order chi connectivity index (χ1) is 8.47. The fourth-order valence-corrected chi connectivity index (χ4v) is 3.38. The lowest BCUT2D eigenvalue weighted by Gasteiger charge is -2.05. The molecule has 0 saturated heterocycles. The average molecular weight is 436 g/mol. The number of hydrogen-bond donors (Lipinski definition) is 1. The molecule has 0 aliphatic carbocycles. The van der Waals surface area contributed by atoms with Crippen LogP contribution in [-0.2, 0) is 0 Å². The van der Waals surface area contributed by atoms with Crippen LogP contribution >= 0.6 is 49.9 Å². The zero-order valence-electron chi connectivity index (χ0n) is 9.88. The van der Waals surface area contributed by atoms with Gasteiger partial charge in [-0.05, 0) is 81.7 Å². The van der Waals surface area contributed by atoms with E-state index < -0.39 is 0 Å². The van der Waals surface area contributed by atoms with E-state index >= 15 is 0 Å². The van der Waals surface area contributed by atoms with Crippen LogP contribution < -0.4 is 5.32 Å². The second kappa shape index (κ2) is 5.71. The van der Waals surface area contributed by atoms with Crippen LogP contribution in [0.25, 0.3) is 0 Å². The topological polar surface area (TPSA) is 29.1 Å². The van der Waals surface area contributed by atoms with Crippen LogP contribution in [0.2, 0.25) is 0 Å². The van der Waals surface area contributed by atoms with Gasteiger partial charge in [-0.2, -0.15) is 0 Å². The zero-order chi connectivity index (χ0) is 13.3. The molecule has 0 atom stereocenters. The third kappa shape index (κ3) is 3.13. The van der Waals surface area contributed by atoms with Crippen LogP contribution in [-0.4, -0.2) is 5.91 Å². The monoisotopic (exact) mass is 435 g/mol. The molecular weight excluding hydrogens is 425 g/mol. The Morgan fingerprint density at radius 3 is 2.56 bits per heavy atom. The van der Waals surface area contributed by atoms with Crippen molar-refractivity contribution in [2.75, 3.05) is 5.32 Å². The first-order valence-corrected chi connectivity index (χ1v) is 7.99. The van der Waals surface area contributed by atoms with Crippen molar-refractivity contribution in [1.29, 1.82) is 0 Å². The molecule has 0 spiro atoms. The van der Waals surface area contributed by atoms with Crippen LogP contribution in [0.3, 0.4) is 0 Å². The van der Waals surface area contributed by atoms with Crippen molar-refractivity contribution in [3.63, 3.8) is 0 Å². The van der Waals surface area contributed by atoms with Gasteiger partial charge in [-0.25, -0.2) is 0 Å². The predicted octanol–water partition coefficient (Wildman–Crippen LogP) is 4.98. The van der Waals surface area contributed by atoms with Crippen molar-refractivity contribution >= 4 is 61.5 Å². The molecule has 0 aliphatic heterocycles. The Hall–Kier alpha value is -0.400. The highest BCUT2D eigenvalue weighted by molar-refractivity contribution is 14.1. The number of anilines is 1. The van der Waals surface area contributed by atoms with E-state index in [0.717, 1.165) is 23.5 Å². The minimum absolute atomic E-state index is 0.0616. The first kappa shape index (κ1) is 14.0. The minimum Gasteiger partial charge on any atom is -0.321 e. The molecule has 1 aromatic heterocycles. The molecular formula is C13H11BrINOS. The molecule has 2 aromatic rings. The summed E-state index contributed by atoms with van der Waals surface area (Å²) in [6, 6.07) is 7.80. The van der Waals surface area contributed by atoms with Crippen molar-refractivity contribution in [2.45, 2.75) is 13.8 Å². The number of nitrogens with one attached hydrogen (secondary N) is 1. The number of rotatable bonds is 2. The maximum Gasteiger partial charge on any atom is 0.265 e. The van der Waals surface area contributed by atoms with E-state index in [-0.39, 0.29) is 5.91 Å². The van der Waals surface area contributed by atoms with Gasteiger partial charge in [0.1, 0.15) is 0 Å². The minimum atomic E-state index is -0.0616. The Kier molecular flexibility index (Phi) is 4.45. The Labute approximate surface area is 132 Å². The lowest BCUT2D eigenvalue weighted by Crippen LogP contribution is -2.10. The van der Waals surface area contributed by atoms with E-state index in [1.54, 1.807) is 0 Å². The molecule has 5 heteroatoms. The summed E-state index contributed by atoms with van der Waals surface area (Å²) in [6.45, 7) is 4.03. The van der Waals surface area contributed by atoms with Gasteiger partial charge in [0, 0.05) is 9.26 Å². The summed E-state index contributed by atoms with van der Waals surface area (Å²) in [5, 5.41) is 2.91. The van der Waals surface area contributed by atoms with Crippen LogP contribution in [0.4, 0.5) is 5.69 Å². The number of benzene rings is 1. The number of amides is 1. The number of carbonyl (C=O) groups excluding carboxylic acids is 1. The van der Waals surface area contributed by atoms with E-state index in [1.165, 1.54) is 16.9 Å². The Bertz CT molecular complexity index is 590. The van der Waals surface area contributed by atoms with Crippen molar-refractivity contribution in [3.05, 3.63) is 47.6 Å². The van der Waals surface area contributed by atoms with Gasteiger partial charge < -0.3 is 5.32 Å². The second-order valence-corrected chi connectivity index (χ2v) is 7.52.